The summed E-state index contributed by atoms with van der Waals surface area (Å²) in [4.78, 5) is 18.0. The fourth-order valence-electron chi connectivity index (χ4n) is 3.56. The van der Waals surface area contributed by atoms with Crippen LogP contribution < -0.4 is 5.32 Å². The highest BCUT2D eigenvalue weighted by Gasteiger charge is 2.24. The monoisotopic (exact) mass is 377 g/mol. The van der Waals surface area contributed by atoms with E-state index in [4.69, 9.17) is 4.98 Å². The number of aryl methyl sites for hydroxylation is 2. The van der Waals surface area contributed by atoms with Crippen molar-refractivity contribution in [2.45, 2.75) is 53.5 Å². The molecule has 3 aromatic rings. The number of hydrogen-bond donors (Lipinski definition) is 1. The highest BCUT2D eigenvalue weighted by Crippen LogP contribution is 2.27. The van der Waals surface area contributed by atoms with Gasteiger partial charge in [-0.25, -0.2) is 4.98 Å². The minimum absolute atomic E-state index is 0.0723. The van der Waals surface area contributed by atoms with Gasteiger partial charge in [0.2, 0.25) is 5.91 Å². The predicted octanol–water partition coefficient (Wildman–Crippen LogP) is 4.97. The van der Waals surface area contributed by atoms with Crippen LogP contribution in [-0.4, -0.2) is 22.0 Å². The molecule has 4 nitrogen and oxygen atoms in total. The molecule has 1 amide bonds. The van der Waals surface area contributed by atoms with Gasteiger partial charge in [-0.05, 0) is 55.0 Å². The lowest BCUT2D eigenvalue weighted by Gasteiger charge is -2.21. The van der Waals surface area contributed by atoms with Gasteiger partial charge < -0.3 is 9.88 Å². The molecule has 0 aliphatic heterocycles. The maximum Gasteiger partial charge on any atom is 0.243 e. The van der Waals surface area contributed by atoms with Crippen molar-refractivity contribution < 1.29 is 4.79 Å². The number of fused-ring (bicyclic) bond motifs is 1. The third-order valence-corrected chi connectivity index (χ3v) is 5.27. The van der Waals surface area contributed by atoms with Crippen molar-refractivity contribution in [1.82, 2.24) is 14.9 Å². The van der Waals surface area contributed by atoms with Crippen molar-refractivity contribution in [3.8, 4) is 0 Å². The minimum Gasteiger partial charge on any atom is -0.354 e. The third kappa shape index (κ3) is 4.27. The van der Waals surface area contributed by atoms with Gasteiger partial charge in [0.05, 0.1) is 11.0 Å². The molecule has 0 saturated heterocycles. The maximum absolute atomic E-state index is 13.0. The molecule has 1 atom stereocenters. The fourth-order valence-corrected chi connectivity index (χ4v) is 3.56. The summed E-state index contributed by atoms with van der Waals surface area (Å²) in [5, 5.41) is 3.12. The Bertz CT molecular complexity index is 957. The summed E-state index contributed by atoms with van der Waals surface area (Å²) in [6.45, 7) is 11.2. The molecular weight excluding hydrogens is 346 g/mol. The average molecular weight is 378 g/mol. The van der Waals surface area contributed by atoms with Crippen LogP contribution in [0, 0.1) is 19.8 Å². The summed E-state index contributed by atoms with van der Waals surface area (Å²) >= 11 is 0. The molecule has 0 radical (unpaired) electrons. The zero-order chi connectivity index (χ0) is 20.3. The Morgan fingerprint density at radius 3 is 2.43 bits per heavy atom. The number of nitrogens with zero attached hydrogens (tertiary/aromatic N) is 2. The van der Waals surface area contributed by atoms with Gasteiger partial charge in [-0.2, -0.15) is 0 Å². The largest absolute Gasteiger partial charge is 0.354 e. The number of carbonyl (C=O) groups excluding carboxylic acids is 1. The standard InChI is InChI=1S/C24H31N3O/c1-6-21(24(28)25-15-16(2)3)27-22-13-18(5)17(4)12-20(22)26-23(27)14-19-10-8-7-9-11-19/h7-13,16,21H,6,14-15H2,1-5H3,(H,25,28). The third-order valence-electron chi connectivity index (χ3n) is 5.27. The Morgan fingerprint density at radius 1 is 1.11 bits per heavy atom. The lowest BCUT2D eigenvalue weighted by atomic mass is 10.1. The maximum atomic E-state index is 13.0. The first-order valence-corrected chi connectivity index (χ1v) is 10.2. The van der Waals surface area contributed by atoms with E-state index >= 15 is 0 Å². The van der Waals surface area contributed by atoms with Crippen molar-refractivity contribution in [3.05, 3.63) is 65.0 Å². The second-order valence-electron chi connectivity index (χ2n) is 8.05. The van der Waals surface area contributed by atoms with Crippen LogP contribution in [0.25, 0.3) is 11.0 Å². The van der Waals surface area contributed by atoms with Crippen LogP contribution in [-0.2, 0) is 11.2 Å². The van der Waals surface area contributed by atoms with Crippen molar-refractivity contribution in [3.63, 3.8) is 0 Å². The summed E-state index contributed by atoms with van der Waals surface area (Å²) in [6.07, 6.45) is 1.44. The topological polar surface area (TPSA) is 46.9 Å². The first-order chi connectivity index (χ1) is 13.4. The molecule has 4 heteroatoms. The molecule has 1 N–H and O–H groups in total. The summed E-state index contributed by atoms with van der Waals surface area (Å²) in [5.41, 5.74) is 5.65. The lowest BCUT2D eigenvalue weighted by molar-refractivity contribution is -0.124. The van der Waals surface area contributed by atoms with E-state index in [-0.39, 0.29) is 11.9 Å². The Kier molecular flexibility index (Phi) is 6.18. The second-order valence-corrected chi connectivity index (χ2v) is 8.05. The Labute approximate surface area is 168 Å². The number of carbonyl (C=O) groups is 1. The van der Waals surface area contributed by atoms with Gasteiger partial charge in [-0.1, -0.05) is 51.1 Å². The molecule has 2 aromatic carbocycles. The van der Waals surface area contributed by atoms with Crippen molar-refractivity contribution in [2.75, 3.05) is 6.54 Å². The highest BCUT2D eigenvalue weighted by molar-refractivity contribution is 5.85. The van der Waals surface area contributed by atoms with Crippen LogP contribution in [0.4, 0.5) is 0 Å². The number of hydrogen-bond acceptors (Lipinski definition) is 2. The number of benzene rings is 2. The number of aromatic nitrogens is 2. The molecule has 0 fully saturated rings. The van der Waals surface area contributed by atoms with Gasteiger partial charge in [-0.3, -0.25) is 4.79 Å². The van der Waals surface area contributed by atoms with Crippen molar-refractivity contribution >= 4 is 16.9 Å². The molecule has 0 aliphatic rings. The number of imidazole rings is 1. The summed E-state index contributed by atoms with van der Waals surface area (Å²) < 4.78 is 2.16. The quantitative estimate of drug-likeness (QED) is 0.632. The molecule has 1 heterocycles. The van der Waals surface area contributed by atoms with Crippen LogP contribution in [0.2, 0.25) is 0 Å². The van der Waals surface area contributed by atoms with Gasteiger partial charge in [0.25, 0.3) is 0 Å². The predicted molar refractivity (Wildman–Crippen MR) is 116 cm³/mol. The van der Waals surface area contributed by atoms with Gasteiger partial charge in [0.1, 0.15) is 11.9 Å². The number of rotatable bonds is 7. The normalized spacial score (nSPS) is 12.5. The van der Waals surface area contributed by atoms with Crippen LogP contribution in [0.1, 0.15) is 55.7 Å². The smallest absolute Gasteiger partial charge is 0.243 e. The van der Waals surface area contributed by atoms with E-state index in [0.29, 0.717) is 18.9 Å². The molecule has 148 valence electrons. The first-order valence-electron chi connectivity index (χ1n) is 10.2. The van der Waals surface area contributed by atoms with Gasteiger partial charge >= 0.3 is 0 Å². The van der Waals surface area contributed by atoms with E-state index in [1.165, 1.54) is 16.7 Å². The summed E-state index contributed by atoms with van der Waals surface area (Å²) in [5.74, 6) is 1.44. The SMILES string of the molecule is CCC(C(=O)NCC(C)C)n1c(Cc2ccccc2)nc2cc(C)c(C)cc21. The van der Waals surface area contributed by atoms with E-state index in [2.05, 4.69) is 68.8 Å². The van der Waals surface area contributed by atoms with Crippen LogP contribution in [0.15, 0.2) is 42.5 Å². The molecular formula is C24H31N3O. The zero-order valence-electron chi connectivity index (χ0n) is 17.6. The molecule has 1 aromatic heterocycles. The number of nitrogens with one attached hydrogen (secondary N) is 1. The number of amides is 1. The molecule has 0 bridgehead atoms. The molecule has 1 unspecified atom stereocenters. The van der Waals surface area contributed by atoms with Crippen LogP contribution in [0.5, 0.6) is 0 Å². The van der Waals surface area contributed by atoms with E-state index in [9.17, 15) is 4.79 Å². The minimum atomic E-state index is -0.260. The summed E-state index contributed by atoms with van der Waals surface area (Å²) in [6, 6.07) is 14.4. The first kappa shape index (κ1) is 20.1. The Hall–Kier alpha value is -2.62. The van der Waals surface area contributed by atoms with Crippen LogP contribution in [0.3, 0.4) is 0 Å². The van der Waals surface area contributed by atoms with E-state index < -0.39 is 0 Å². The van der Waals surface area contributed by atoms with Crippen molar-refractivity contribution in [1.29, 1.82) is 0 Å². The second kappa shape index (κ2) is 8.59. The van der Waals surface area contributed by atoms with Crippen LogP contribution >= 0.6 is 0 Å². The van der Waals surface area contributed by atoms with Crippen molar-refractivity contribution in [2.24, 2.45) is 5.92 Å². The Morgan fingerprint density at radius 2 is 1.79 bits per heavy atom. The molecule has 0 saturated carbocycles. The van der Waals surface area contributed by atoms with E-state index in [1.807, 2.05) is 18.2 Å². The fraction of sp³-hybridized carbons (Fsp3) is 0.417. The van der Waals surface area contributed by atoms with E-state index in [0.717, 1.165) is 23.3 Å². The summed E-state index contributed by atoms with van der Waals surface area (Å²) in [7, 11) is 0. The average Bonchev–Trinajstić information content (AvgIpc) is 2.99. The lowest BCUT2D eigenvalue weighted by Crippen LogP contribution is -2.35. The Balaban J connectivity index is 2.09. The van der Waals surface area contributed by atoms with Gasteiger partial charge in [0, 0.05) is 13.0 Å². The van der Waals surface area contributed by atoms with Gasteiger partial charge in [0.15, 0.2) is 0 Å². The molecule has 3 rings (SSSR count). The molecule has 0 spiro atoms. The highest BCUT2D eigenvalue weighted by atomic mass is 16.2. The van der Waals surface area contributed by atoms with Gasteiger partial charge in [-0.15, -0.1) is 0 Å². The zero-order valence-corrected chi connectivity index (χ0v) is 17.6. The molecule has 28 heavy (non-hydrogen) atoms. The van der Waals surface area contributed by atoms with E-state index in [1.54, 1.807) is 0 Å². The molecule has 0 aliphatic carbocycles.